The summed E-state index contributed by atoms with van der Waals surface area (Å²) in [6.07, 6.45) is 11.7. The van der Waals surface area contributed by atoms with Crippen LogP contribution in [0.5, 0.6) is 0 Å². The van der Waals surface area contributed by atoms with Crippen molar-refractivity contribution in [3.8, 4) is 0 Å². The summed E-state index contributed by atoms with van der Waals surface area (Å²) in [6, 6.07) is 0. The van der Waals surface area contributed by atoms with Crippen molar-refractivity contribution in [1.82, 2.24) is 0 Å². The maximum atomic E-state index is 2.45. The molecular weight excluding hydrogens is 192 g/mol. The van der Waals surface area contributed by atoms with Gasteiger partial charge in [-0.3, -0.25) is 0 Å². The summed E-state index contributed by atoms with van der Waals surface area (Å²) in [5.74, 6) is 4.03. The molecule has 0 aromatic heterocycles. The van der Waals surface area contributed by atoms with Gasteiger partial charge in [-0.15, -0.1) is 0 Å². The molecular formula is C16H32. The van der Waals surface area contributed by atoms with Crippen LogP contribution in [0.3, 0.4) is 0 Å². The molecule has 0 aromatic carbocycles. The van der Waals surface area contributed by atoms with Crippen LogP contribution in [0.15, 0.2) is 0 Å². The highest BCUT2D eigenvalue weighted by molar-refractivity contribution is 4.76. The first-order valence-corrected chi connectivity index (χ1v) is 7.65. The average Bonchev–Trinajstić information content (AvgIpc) is 2.22. The van der Waals surface area contributed by atoms with Crippen molar-refractivity contribution >= 4 is 0 Å². The molecule has 1 saturated carbocycles. The first-order chi connectivity index (χ1) is 7.65. The molecule has 0 N–H and O–H groups in total. The molecule has 0 heterocycles. The normalized spacial score (nSPS) is 32.6. The van der Waals surface area contributed by atoms with Crippen molar-refractivity contribution < 1.29 is 0 Å². The molecule has 0 aliphatic heterocycles. The monoisotopic (exact) mass is 224 g/mol. The highest BCUT2D eigenvalue weighted by Crippen LogP contribution is 2.37. The molecule has 3 unspecified atom stereocenters. The van der Waals surface area contributed by atoms with Crippen LogP contribution >= 0.6 is 0 Å². The van der Waals surface area contributed by atoms with Crippen LogP contribution in [0.2, 0.25) is 0 Å². The summed E-state index contributed by atoms with van der Waals surface area (Å²) < 4.78 is 0. The van der Waals surface area contributed by atoms with E-state index >= 15 is 0 Å². The Hall–Kier alpha value is 0. The van der Waals surface area contributed by atoms with Crippen LogP contribution in [0.4, 0.5) is 0 Å². The highest BCUT2D eigenvalue weighted by atomic mass is 14.3. The largest absolute Gasteiger partial charge is 0.0654 e. The molecule has 0 aromatic rings. The zero-order valence-corrected chi connectivity index (χ0v) is 12.0. The van der Waals surface area contributed by atoms with Crippen molar-refractivity contribution in [3.63, 3.8) is 0 Å². The van der Waals surface area contributed by atoms with E-state index in [4.69, 9.17) is 0 Å². The lowest BCUT2D eigenvalue weighted by atomic mass is 9.73. The van der Waals surface area contributed by atoms with E-state index in [1.807, 2.05) is 0 Å². The molecule has 1 fully saturated rings. The van der Waals surface area contributed by atoms with Crippen molar-refractivity contribution in [2.24, 2.45) is 23.7 Å². The Balaban J connectivity index is 2.32. The molecule has 0 nitrogen and oxygen atoms in total. The lowest BCUT2D eigenvalue weighted by molar-refractivity contribution is 0.183. The predicted molar refractivity (Wildman–Crippen MR) is 73.6 cm³/mol. The summed E-state index contributed by atoms with van der Waals surface area (Å²) in [7, 11) is 0. The standard InChI is InChI=1S/C16H32/c1-5-7-8-15(6-2)12-16-10-13(3)9-14(4)11-16/h13-16H,5-12H2,1-4H3. The van der Waals surface area contributed by atoms with E-state index < -0.39 is 0 Å². The molecule has 0 heteroatoms. The maximum Gasteiger partial charge on any atom is -0.0407 e. The Kier molecular flexibility index (Phi) is 6.46. The molecule has 1 aliphatic carbocycles. The predicted octanol–water partition coefficient (Wildman–Crippen LogP) is 5.67. The molecule has 0 bridgehead atoms. The van der Waals surface area contributed by atoms with Crippen molar-refractivity contribution in [2.75, 3.05) is 0 Å². The Morgan fingerprint density at radius 3 is 2.12 bits per heavy atom. The van der Waals surface area contributed by atoms with Gasteiger partial charge in [0, 0.05) is 0 Å². The van der Waals surface area contributed by atoms with Crippen LogP contribution in [0.25, 0.3) is 0 Å². The van der Waals surface area contributed by atoms with Crippen LogP contribution in [0.1, 0.15) is 79.1 Å². The maximum absolute atomic E-state index is 2.45. The lowest BCUT2D eigenvalue weighted by Gasteiger charge is -2.33. The van der Waals surface area contributed by atoms with E-state index in [1.54, 1.807) is 0 Å². The van der Waals surface area contributed by atoms with Gasteiger partial charge in [0.2, 0.25) is 0 Å². The van der Waals surface area contributed by atoms with Gasteiger partial charge in [0.25, 0.3) is 0 Å². The summed E-state index contributed by atoms with van der Waals surface area (Å²) >= 11 is 0. The summed E-state index contributed by atoms with van der Waals surface area (Å²) in [4.78, 5) is 0. The van der Waals surface area contributed by atoms with Crippen LogP contribution in [0, 0.1) is 23.7 Å². The Morgan fingerprint density at radius 2 is 1.62 bits per heavy atom. The fraction of sp³-hybridized carbons (Fsp3) is 1.00. The van der Waals surface area contributed by atoms with E-state index in [-0.39, 0.29) is 0 Å². The summed E-state index contributed by atoms with van der Waals surface area (Å²) in [5, 5.41) is 0. The molecule has 0 spiro atoms. The highest BCUT2D eigenvalue weighted by Gasteiger charge is 2.25. The van der Waals surface area contributed by atoms with Gasteiger partial charge in [-0.1, -0.05) is 53.4 Å². The topological polar surface area (TPSA) is 0 Å². The van der Waals surface area contributed by atoms with Crippen LogP contribution < -0.4 is 0 Å². The minimum atomic E-state index is 0.984. The Morgan fingerprint density at radius 1 is 1.00 bits per heavy atom. The number of hydrogen-bond acceptors (Lipinski definition) is 0. The van der Waals surface area contributed by atoms with Crippen molar-refractivity contribution in [2.45, 2.75) is 79.1 Å². The molecule has 1 aliphatic rings. The van der Waals surface area contributed by atoms with E-state index in [0.717, 1.165) is 23.7 Å². The first-order valence-electron chi connectivity index (χ1n) is 7.65. The van der Waals surface area contributed by atoms with Gasteiger partial charge in [0.05, 0.1) is 0 Å². The van der Waals surface area contributed by atoms with Crippen LogP contribution in [-0.2, 0) is 0 Å². The van der Waals surface area contributed by atoms with Gasteiger partial charge in [-0.05, 0) is 49.4 Å². The van der Waals surface area contributed by atoms with Crippen molar-refractivity contribution in [1.29, 1.82) is 0 Å². The van der Waals surface area contributed by atoms with Gasteiger partial charge < -0.3 is 0 Å². The SMILES string of the molecule is CCCCC(CC)CC1CC(C)CC(C)C1. The van der Waals surface area contributed by atoms with E-state index in [9.17, 15) is 0 Å². The fourth-order valence-corrected chi connectivity index (χ4v) is 3.76. The molecule has 0 radical (unpaired) electrons. The third-order valence-corrected chi connectivity index (χ3v) is 4.49. The van der Waals surface area contributed by atoms with Crippen LogP contribution in [-0.4, -0.2) is 0 Å². The Labute approximate surface area is 103 Å². The zero-order chi connectivity index (χ0) is 12.0. The second kappa shape index (κ2) is 7.35. The molecule has 1 rings (SSSR count). The van der Waals surface area contributed by atoms with Gasteiger partial charge in [-0.2, -0.15) is 0 Å². The van der Waals surface area contributed by atoms with Crippen molar-refractivity contribution in [3.05, 3.63) is 0 Å². The molecule has 96 valence electrons. The van der Waals surface area contributed by atoms with Gasteiger partial charge in [0.15, 0.2) is 0 Å². The second-order valence-corrected chi connectivity index (χ2v) is 6.44. The van der Waals surface area contributed by atoms with Gasteiger partial charge >= 0.3 is 0 Å². The minimum Gasteiger partial charge on any atom is -0.0654 e. The lowest BCUT2D eigenvalue weighted by Crippen LogP contribution is -2.21. The molecule has 3 atom stereocenters. The summed E-state index contributed by atoms with van der Waals surface area (Å²) in [6.45, 7) is 9.61. The number of unbranched alkanes of at least 4 members (excludes halogenated alkanes) is 1. The fourth-order valence-electron chi connectivity index (χ4n) is 3.76. The average molecular weight is 224 g/mol. The molecule has 0 amide bonds. The summed E-state index contributed by atoms with van der Waals surface area (Å²) in [5.41, 5.74) is 0. The van der Waals surface area contributed by atoms with E-state index in [1.165, 1.54) is 51.4 Å². The van der Waals surface area contributed by atoms with Gasteiger partial charge in [0.1, 0.15) is 0 Å². The smallest absolute Gasteiger partial charge is 0.0407 e. The Bertz CT molecular complexity index is 163. The third kappa shape index (κ3) is 4.89. The van der Waals surface area contributed by atoms with Gasteiger partial charge in [-0.25, -0.2) is 0 Å². The molecule has 0 saturated heterocycles. The number of hydrogen-bond donors (Lipinski definition) is 0. The minimum absolute atomic E-state index is 0.984. The molecule has 16 heavy (non-hydrogen) atoms. The second-order valence-electron chi connectivity index (χ2n) is 6.44. The first kappa shape index (κ1) is 14.1. The quantitative estimate of drug-likeness (QED) is 0.545. The van der Waals surface area contributed by atoms with E-state index in [2.05, 4.69) is 27.7 Å². The number of rotatable bonds is 6. The van der Waals surface area contributed by atoms with E-state index in [0.29, 0.717) is 0 Å². The zero-order valence-electron chi connectivity index (χ0n) is 12.0. The third-order valence-electron chi connectivity index (χ3n) is 4.49.